The molecular formula is C13H15BrO2. The molecule has 16 heavy (non-hydrogen) atoms. The van der Waals surface area contributed by atoms with Gasteiger partial charge in [0, 0.05) is 5.33 Å². The number of ether oxygens (including phenoxy) is 1. The molecule has 0 saturated carbocycles. The number of hydrogen-bond donors (Lipinski definition) is 0. The Hall–Kier alpha value is -1.09. The summed E-state index contributed by atoms with van der Waals surface area (Å²) in [5, 5.41) is 0.807. The fourth-order valence-electron chi connectivity index (χ4n) is 1.07. The van der Waals surface area contributed by atoms with E-state index in [1.807, 2.05) is 32.0 Å². The number of benzene rings is 1. The smallest absolute Gasteiger partial charge is 0.338 e. The van der Waals surface area contributed by atoms with Gasteiger partial charge in [0.15, 0.2) is 0 Å². The first-order chi connectivity index (χ1) is 7.65. The predicted molar refractivity (Wildman–Crippen MR) is 68.9 cm³/mol. The zero-order valence-corrected chi connectivity index (χ0v) is 11.1. The third-order valence-corrected chi connectivity index (χ3v) is 3.20. The fraction of sp³-hybridized carbons (Fsp3) is 0.308. The number of rotatable bonds is 4. The van der Waals surface area contributed by atoms with Crippen LogP contribution in [0.15, 0.2) is 41.5 Å². The number of hydrogen-bond acceptors (Lipinski definition) is 2. The summed E-state index contributed by atoms with van der Waals surface area (Å²) in [6, 6.07) is 9.01. The first-order valence-electron chi connectivity index (χ1n) is 5.08. The van der Waals surface area contributed by atoms with Crippen LogP contribution < -0.4 is 0 Å². The standard InChI is InChI=1S/C13H15BrO2/c1-10(8-14)11(2)9-16-13(15)12-6-4-3-5-7-12/h3-7H,8-9H2,1-2H3/b11-10+. The highest BCUT2D eigenvalue weighted by Gasteiger charge is 2.06. The number of carbonyl (C=O) groups is 1. The van der Waals surface area contributed by atoms with E-state index in [0.29, 0.717) is 12.2 Å². The molecule has 0 amide bonds. The summed E-state index contributed by atoms with van der Waals surface area (Å²) in [6.45, 7) is 4.33. The van der Waals surface area contributed by atoms with E-state index in [9.17, 15) is 4.79 Å². The van der Waals surface area contributed by atoms with Gasteiger partial charge in [-0.1, -0.05) is 39.7 Å². The van der Waals surface area contributed by atoms with Crippen molar-refractivity contribution in [2.45, 2.75) is 13.8 Å². The molecule has 0 radical (unpaired) electrons. The minimum atomic E-state index is -0.276. The highest BCUT2D eigenvalue weighted by molar-refractivity contribution is 9.09. The van der Waals surface area contributed by atoms with Gasteiger partial charge in [-0.3, -0.25) is 0 Å². The molecule has 0 spiro atoms. The molecule has 0 heterocycles. The van der Waals surface area contributed by atoms with Gasteiger partial charge in [0.05, 0.1) is 5.56 Å². The van der Waals surface area contributed by atoms with Crippen LogP contribution in [0.25, 0.3) is 0 Å². The molecule has 1 rings (SSSR count). The molecule has 3 heteroatoms. The van der Waals surface area contributed by atoms with Crippen LogP contribution in [0.3, 0.4) is 0 Å². The molecule has 0 aliphatic rings. The van der Waals surface area contributed by atoms with E-state index in [0.717, 1.165) is 10.9 Å². The maximum Gasteiger partial charge on any atom is 0.338 e. The Morgan fingerprint density at radius 1 is 1.19 bits per heavy atom. The van der Waals surface area contributed by atoms with E-state index in [4.69, 9.17) is 4.74 Å². The third kappa shape index (κ3) is 3.81. The van der Waals surface area contributed by atoms with Gasteiger partial charge >= 0.3 is 5.97 Å². The Labute approximate surface area is 104 Å². The van der Waals surface area contributed by atoms with Crippen molar-refractivity contribution in [1.29, 1.82) is 0 Å². The van der Waals surface area contributed by atoms with Crippen LogP contribution >= 0.6 is 15.9 Å². The number of carbonyl (C=O) groups excluding carboxylic acids is 1. The number of halogens is 1. The van der Waals surface area contributed by atoms with Crippen LogP contribution in [-0.4, -0.2) is 17.9 Å². The lowest BCUT2D eigenvalue weighted by molar-refractivity contribution is 0.0539. The predicted octanol–water partition coefficient (Wildman–Crippen LogP) is 3.57. The van der Waals surface area contributed by atoms with Gasteiger partial charge in [-0.25, -0.2) is 4.79 Å². The zero-order valence-electron chi connectivity index (χ0n) is 9.50. The largest absolute Gasteiger partial charge is 0.458 e. The Bertz CT molecular complexity index is 382. The van der Waals surface area contributed by atoms with Crippen molar-refractivity contribution in [1.82, 2.24) is 0 Å². The van der Waals surface area contributed by atoms with Crippen LogP contribution in [-0.2, 0) is 4.74 Å². The molecule has 0 fully saturated rings. The van der Waals surface area contributed by atoms with Crippen molar-refractivity contribution in [3.05, 3.63) is 47.0 Å². The highest BCUT2D eigenvalue weighted by Crippen LogP contribution is 2.08. The molecule has 0 aliphatic carbocycles. The Balaban J connectivity index is 2.55. The van der Waals surface area contributed by atoms with E-state index in [1.54, 1.807) is 12.1 Å². The lowest BCUT2D eigenvalue weighted by atomic mass is 10.2. The Morgan fingerprint density at radius 2 is 1.81 bits per heavy atom. The van der Waals surface area contributed by atoms with E-state index in [-0.39, 0.29) is 5.97 Å². The van der Waals surface area contributed by atoms with E-state index >= 15 is 0 Å². The first kappa shape index (κ1) is 13.0. The topological polar surface area (TPSA) is 26.3 Å². The monoisotopic (exact) mass is 282 g/mol. The lowest BCUT2D eigenvalue weighted by Crippen LogP contribution is -2.07. The molecule has 0 bridgehead atoms. The molecule has 0 unspecified atom stereocenters. The van der Waals surface area contributed by atoms with Crippen LogP contribution in [0, 0.1) is 0 Å². The fourth-order valence-corrected chi connectivity index (χ4v) is 1.55. The summed E-state index contributed by atoms with van der Waals surface area (Å²) in [7, 11) is 0. The summed E-state index contributed by atoms with van der Waals surface area (Å²) in [6.07, 6.45) is 0. The maximum atomic E-state index is 11.6. The van der Waals surface area contributed by atoms with E-state index in [1.165, 1.54) is 5.57 Å². The molecule has 86 valence electrons. The zero-order chi connectivity index (χ0) is 12.0. The van der Waals surface area contributed by atoms with Crippen LogP contribution in [0.2, 0.25) is 0 Å². The Kier molecular flexibility index (Phi) is 5.26. The number of esters is 1. The van der Waals surface area contributed by atoms with Gasteiger partial charge in [-0.2, -0.15) is 0 Å². The summed E-state index contributed by atoms with van der Waals surface area (Å²) >= 11 is 3.37. The molecule has 0 N–H and O–H groups in total. The van der Waals surface area contributed by atoms with Gasteiger partial charge in [-0.15, -0.1) is 0 Å². The summed E-state index contributed by atoms with van der Waals surface area (Å²) in [4.78, 5) is 11.6. The highest BCUT2D eigenvalue weighted by atomic mass is 79.9. The second kappa shape index (κ2) is 6.48. The lowest BCUT2D eigenvalue weighted by Gasteiger charge is -2.07. The molecule has 1 aromatic rings. The van der Waals surface area contributed by atoms with Gasteiger partial charge < -0.3 is 4.74 Å². The van der Waals surface area contributed by atoms with Crippen LogP contribution in [0.4, 0.5) is 0 Å². The van der Waals surface area contributed by atoms with E-state index in [2.05, 4.69) is 15.9 Å². The van der Waals surface area contributed by atoms with Crippen LogP contribution in [0.5, 0.6) is 0 Å². The average Bonchev–Trinajstić information content (AvgIpc) is 2.35. The van der Waals surface area contributed by atoms with Crippen LogP contribution in [0.1, 0.15) is 24.2 Å². The van der Waals surface area contributed by atoms with Crippen molar-refractivity contribution < 1.29 is 9.53 Å². The number of allylic oxidation sites excluding steroid dienone is 1. The van der Waals surface area contributed by atoms with Crippen molar-refractivity contribution in [2.24, 2.45) is 0 Å². The molecule has 1 aromatic carbocycles. The molecule has 0 aliphatic heterocycles. The minimum Gasteiger partial charge on any atom is -0.458 e. The number of alkyl halides is 1. The van der Waals surface area contributed by atoms with E-state index < -0.39 is 0 Å². The normalized spacial score (nSPS) is 11.9. The molecule has 0 aromatic heterocycles. The van der Waals surface area contributed by atoms with Gasteiger partial charge in [-0.05, 0) is 31.6 Å². The first-order valence-corrected chi connectivity index (χ1v) is 6.20. The summed E-state index contributed by atoms with van der Waals surface area (Å²) in [5.74, 6) is -0.276. The second-order valence-corrected chi connectivity index (χ2v) is 4.20. The van der Waals surface area contributed by atoms with Crippen molar-refractivity contribution in [2.75, 3.05) is 11.9 Å². The van der Waals surface area contributed by atoms with Crippen molar-refractivity contribution >= 4 is 21.9 Å². The molecular weight excluding hydrogens is 268 g/mol. The summed E-state index contributed by atoms with van der Waals surface area (Å²) < 4.78 is 5.20. The average molecular weight is 283 g/mol. The molecule has 0 atom stereocenters. The van der Waals surface area contributed by atoms with Gasteiger partial charge in [0.2, 0.25) is 0 Å². The SMILES string of the molecule is C/C(CBr)=C(/C)COC(=O)c1ccccc1. The van der Waals surface area contributed by atoms with Crippen molar-refractivity contribution in [3.8, 4) is 0 Å². The minimum absolute atomic E-state index is 0.276. The Morgan fingerprint density at radius 3 is 2.38 bits per heavy atom. The molecule has 2 nitrogen and oxygen atoms in total. The third-order valence-electron chi connectivity index (χ3n) is 2.36. The molecule has 0 saturated heterocycles. The second-order valence-electron chi connectivity index (χ2n) is 3.64. The maximum absolute atomic E-state index is 11.6. The quantitative estimate of drug-likeness (QED) is 0.479. The van der Waals surface area contributed by atoms with Crippen molar-refractivity contribution in [3.63, 3.8) is 0 Å². The van der Waals surface area contributed by atoms with Gasteiger partial charge in [0.25, 0.3) is 0 Å². The summed E-state index contributed by atoms with van der Waals surface area (Å²) in [5.41, 5.74) is 2.87. The van der Waals surface area contributed by atoms with Gasteiger partial charge in [0.1, 0.15) is 6.61 Å².